The maximum absolute atomic E-state index is 11.1. The number of rotatable bonds is 1. The summed E-state index contributed by atoms with van der Waals surface area (Å²) in [6.07, 6.45) is 0. The number of hydrogen-bond acceptors (Lipinski definition) is 2. The van der Waals surface area contributed by atoms with Crippen LogP contribution in [0.4, 0.5) is 0 Å². The van der Waals surface area contributed by atoms with E-state index in [4.69, 9.17) is 23.2 Å². The van der Waals surface area contributed by atoms with Crippen LogP contribution >= 0.6 is 23.2 Å². The van der Waals surface area contributed by atoms with Crippen LogP contribution in [0.1, 0.15) is 74.9 Å². The lowest BCUT2D eigenvalue weighted by atomic mass is 9.76. The van der Waals surface area contributed by atoms with Crippen molar-refractivity contribution in [2.24, 2.45) is 0 Å². The Morgan fingerprint density at radius 1 is 0.536 bits per heavy atom. The summed E-state index contributed by atoms with van der Waals surface area (Å²) in [5.74, 6) is 0.214. The predicted molar refractivity (Wildman–Crippen MR) is 122 cm³/mol. The molecule has 0 aliphatic rings. The fraction of sp³-hybridized carbons (Fsp3) is 0.500. The first-order chi connectivity index (χ1) is 12.5. The van der Waals surface area contributed by atoms with Crippen molar-refractivity contribution in [2.75, 3.05) is 0 Å². The van der Waals surface area contributed by atoms with Gasteiger partial charge in [0.05, 0.1) is 10.0 Å². The molecule has 0 unspecified atom stereocenters. The van der Waals surface area contributed by atoms with E-state index in [0.717, 1.165) is 22.3 Å². The average molecular weight is 423 g/mol. The fourth-order valence-corrected chi connectivity index (χ4v) is 5.32. The summed E-state index contributed by atoms with van der Waals surface area (Å²) in [5, 5.41) is 23.3. The van der Waals surface area contributed by atoms with E-state index in [2.05, 4.69) is 41.5 Å². The molecule has 0 saturated heterocycles. The first-order valence-corrected chi connectivity index (χ1v) is 10.3. The van der Waals surface area contributed by atoms with Crippen LogP contribution in [0.25, 0.3) is 11.1 Å². The van der Waals surface area contributed by atoms with E-state index in [1.165, 1.54) is 0 Å². The van der Waals surface area contributed by atoms with Gasteiger partial charge in [-0.25, -0.2) is 0 Å². The van der Waals surface area contributed by atoms with Crippen molar-refractivity contribution in [3.8, 4) is 22.6 Å². The highest BCUT2D eigenvalue weighted by Crippen LogP contribution is 2.52. The van der Waals surface area contributed by atoms with E-state index < -0.39 is 0 Å². The Labute approximate surface area is 179 Å². The molecular formula is C24H32Cl2O2. The SMILES string of the molecule is Cc1c(O)c(-c2c(C)c(C(C)(C)C)c(Cl)c(C)c2O)c(C)c(C(C)(C)C)c1Cl. The topological polar surface area (TPSA) is 40.5 Å². The van der Waals surface area contributed by atoms with Crippen molar-refractivity contribution >= 4 is 23.2 Å². The molecule has 154 valence electrons. The van der Waals surface area contributed by atoms with Crippen LogP contribution in [0, 0.1) is 27.7 Å². The minimum absolute atomic E-state index is 0.107. The van der Waals surface area contributed by atoms with Crippen LogP contribution in [-0.2, 0) is 10.8 Å². The highest BCUT2D eigenvalue weighted by atomic mass is 35.5. The molecule has 2 rings (SSSR count). The summed E-state index contributed by atoms with van der Waals surface area (Å²) in [5.41, 5.74) is 5.77. The van der Waals surface area contributed by atoms with E-state index in [9.17, 15) is 10.2 Å². The van der Waals surface area contributed by atoms with Crippen LogP contribution < -0.4 is 0 Å². The second-order valence-electron chi connectivity index (χ2n) is 9.83. The van der Waals surface area contributed by atoms with Gasteiger partial charge in [0.25, 0.3) is 0 Å². The third-order valence-electron chi connectivity index (χ3n) is 5.53. The van der Waals surface area contributed by atoms with E-state index >= 15 is 0 Å². The molecule has 0 atom stereocenters. The maximum atomic E-state index is 11.1. The Bertz CT molecular complexity index is 880. The fourth-order valence-electron chi connectivity index (χ4n) is 4.29. The zero-order valence-corrected chi connectivity index (χ0v) is 20.2. The second-order valence-corrected chi connectivity index (χ2v) is 10.6. The van der Waals surface area contributed by atoms with Crippen molar-refractivity contribution in [1.29, 1.82) is 0 Å². The lowest BCUT2D eigenvalue weighted by Gasteiger charge is -2.31. The van der Waals surface area contributed by atoms with Gasteiger partial charge >= 0.3 is 0 Å². The average Bonchev–Trinajstić information content (AvgIpc) is 2.51. The van der Waals surface area contributed by atoms with Crippen LogP contribution in [0.3, 0.4) is 0 Å². The molecule has 0 saturated carbocycles. The van der Waals surface area contributed by atoms with Gasteiger partial charge in [0, 0.05) is 22.3 Å². The highest BCUT2D eigenvalue weighted by molar-refractivity contribution is 6.33. The van der Waals surface area contributed by atoms with Crippen molar-refractivity contribution in [1.82, 2.24) is 0 Å². The van der Waals surface area contributed by atoms with Crippen molar-refractivity contribution in [3.63, 3.8) is 0 Å². The van der Waals surface area contributed by atoms with Gasteiger partial charge in [0.1, 0.15) is 11.5 Å². The molecule has 0 spiro atoms. The molecule has 0 fully saturated rings. The Balaban J connectivity index is 3.15. The Morgan fingerprint density at radius 2 is 0.786 bits per heavy atom. The zero-order valence-electron chi connectivity index (χ0n) is 18.7. The molecule has 2 N–H and O–H groups in total. The van der Waals surface area contributed by atoms with Crippen LogP contribution in [0.2, 0.25) is 10.0 Å². The molecule has 0 radical (unpaired) electrons. The molecule has 0 aliphatic heterocycles. The van der Waals surface area contributed by atoms with Gasteiger partial charge in [-0.3, -0.25) is 0 Å². The molecule has 2 aromatic rings. The van der Waals surface area contributed by atoms with E-state index in [1.807, 2.05) is 27.7 Å². The number of phenols is 2. The van der Waals surface area contributed by atoms with Gasteiger partial charge in [0.15, 0.2) is 0 Å². The minimum Gasteiger partial charge on any atom is -0.507 e. The molecule has 0 heterocycles. The van der Waals surface area contributed by atoms with Gasteiger partial charge in [-0.15, -0.1) is 0 Å². The summed E-state index contributed by atoms with van der Waals surface area (Å²) in [7, 11) is 0. The molecule has 0 bridgehead atoms. The predicted octanol–water partition coefficient (Wildman–Crippen LogP) is 7.90. The van der Waals surface area contributed by atoms with Crippen molar-refractivity contribution < 1.29 is 10.2 Å². The summed E-state index contributed by atoms with van der Waals surface area (Å²) in [4.78, 5) is 0. The molecule has 0 aliphatic carbocycles. The van der Waals surface area contributed by atoms with Crippen LogP contribution in [-0.4, -0.2) is 10.2 Å². The molecule has 2 nitrogen and oxygen atoms in total. The number of halogens is 2. The smallest absolute Gasteiger partial charge is 0.128 e. The van der Waals surface area contributed by atoms with E-state index in [0.29, 0.717) is 32.3 Å². The highest BCUT2D eigenvalue weighted by Gasteiger charge is 2.32. The van der Waals surface area contributed by atoms with Gasteiger partial charge in [-0.1, -0.05) is 64.7 Å². The Morgan fingerprint density at radius 3 is 1.00 bits per heavy atom. The largest absolute Gasteiger partial charge is 0.507 e. The zero-order chi connectivity index (χ0) is 21.9. The second kappa shape index (κ2) is 7.15. The lowest BCUT2D eigenvalue weighted by Crippen LogP contribution is -2.17. The molecule has 0 aromatic heterocycles. The Kier molecular flexibility index (Phi) is 5.84. The monoisotopic (exact) mass is 422 g/mol. The van der Waals surface area contributed by atoms with E-state index in [-0.39, 0.29) is 22.3 Å². The van der Waals surface area contributed by atoms with Gasteiger partial charge in [-0.2, -0.15) is 0 Å². The number of aromatic hydroxyl groups is 2. The van der Waals surface area contributed by atoms with Crippen LogP contribution in [0.5, 0.6) is 11.5 Å². The number of benzene rings is 2. The molecule has 0 amide bonds. The summed E-state index contributed by atoms with van der Waals surface area (Å²) in [6, 6.07) is 0. The third kappa shape index (κ3) is 3.50. The summed E-state index contributed by atoms with van der Waals surface area (Å²) < 4.78 is 0. The van der Waals surface area contributed by atoms with Gasteiger partial charge in [0.2, 0.25) is 0 Å². The van der Waals surface area contributed by atoms with Gasteiger partial charge in [-0.05, 0) is 60.8 Å². The molecule has 4 heteroatoms. The Hall–Kier alpha value is -1.38. The third-order valence-corrected chi connectivity index (χ3v) is 6.48. The maximum Gasteiger partial charge on any atom is 0.128 e. The first kappa shape index (κ1) is 22.9. The van der Waals surface area contributed by atoms with Gasteiger partial charge < -0.3 is 10.2 Å². The van der Waals surface area contributed by atoms with Crippen molar-refractivity contribution in [3.05, 3.63) is 43.4 Å². The molecular weight excluding hydrogens is 391 g/mol. The quantitative estimate of drug-likeness (QED) is 0.489. The van der Waals surface area contributed by atoms with E-state index in [1.54, 1.807) is 0 Å². The molecule has 28 heavy (non-hydrogen) atoms. The number of phenolic OH excluding ortho intramolecular Hbond substituents is 2. The molecule has 2 aromatic carbocycles. The van der Waals surface area contributed by atoms with Crippen LogP contribution in [0.15, 0.2) is 0 Å². The standard InChI is InChI=1S/C24H32Cl2O2/c1-11-15(21(27)13(3)19(25)17(11)23(5,6)7)16-12(2)18(24(8,9)10)20(26)14(4)22(16)28/h27-28H,1-10H3. The normalized spacial score (nSPS) is 12.6. The first-order valence-electron chi connectivity index (χ1n) is 9.58. The summed E-state index contributed by atoms with van der Waals surface area (Å²) >= 11 is 13.3. The summed E-state index contributed by atoms with van der Waals surface area (Å²) in [6.45, 7) is 20.1. The van der Waals surface area contributed by atoms with Crippen molar-refractivity contribution in [2.45, 2.75) is 80.1 Å². The lowest BCUT2D eigenvalue weighted by molar-refractivity contribution is 0.462. The minimum atomic E-state index is -0.216. The number of hydrogen-bond donors (Lipinski definition) is 2.